The molecular weight excluding hydrogens is 454 g/mol. The van der Waals surface area contributed by atoms with Gasteiger partial charge in [-0.3, -0.25) is 4.79 Å². The van der Waals surface area contributed by atoms with Crippen LogP contribution in [0.15, 0.2) is 51.8 Å². The Labute approximate surface area is 200 Å². The highest BCUT2D eigenvalue weighted by atomic mass is 32.2. The summed E-state index contributed by atoms with van der Waals surface area (Å²) in [5, 5.41) is 2.96. The number of para-hydroxylation sites is 1. The molecule has 8 nitrogen and oxygen atoms in total. The molecule has 5 rings (SSSR count). The third kappa shape index (κ3) is 4.36. The number of nitrogens with one attached hydrogen (secondary N) is 1. The van der Waals surface area contributed by atoms with E-state index in [9.17, 15) is 13.2 Å². The second-order valence-corrected chi connectivity index (χ2v) is 11.2. The van der Waals surface area contributed by atoms with E-state index in [1.54, 1.807) is 24.3 Å². The molecular formula is C25H29N3O5S. The topological polar surface area (TPSA) is 97.3 Å². The van der Waals surface area contributed by atoms with Crippen molar-refractivity contribution in [2.45, 2.75) is 43.6 Å². The summed E-state index contributed by atoms with van der Waals surface area (Å²) < 4.78 is 40.7. The van der Waals surface area contributed by atoms with Crippen LogP contribution in [0.3, 0.4) is 0 Å². The van der Waals surface area contributed by atoms with Crippen molar-refractivity contribution < 1.29 is 22.7 Å². The highest BCUT2D eigenvalue weighted by Gasteiger charge is 2.35. The first-order chi connectivity index (χ1) is 16.2. The summed E-state index contributed by atoms with van der Waals surface area (Å²) in [7, 11) is -3.68. The zero-order valence-electron chi connectivity index (χ0n) is 19.4. The van der Waals surface area contributed by atoms with Crippen molar-refractivity contribution in [2.75, 3.05) is 26.2 Å². The molecule has 9 heteroatoms. The zero-order valence-corrected chi connectivity index (χ0v) is 20.2. The number of piperidine rings is 1. The number of hydrogen-bond donors (Lipinski definition) is 1. The van der Waals surface area contributed by atoms with E-state index in [0.717, 1.165) is 30.6 Å². The fourth-order valence-corrected chi connectivity index (χ4v) is 6.11. The number of hydrogen-bond acceptors (Lipinski definition) is 6. The molecule has 0 aliphatic carbocycles. The van der Waals surface area contributed by atoms with Crippen LogP contribution in [0.4, 0.5) is 0 Å². The lowest BCUT2D eigenvalue weighted by Gasteiger charge is -2.33. The lowest BCUT2D eigenvalue weighted by atomic mass is 9.96. The Morgan fingerprint density at radius 1 is 1.24 bits per heavy atom. The Hall–Kier alpha value is -3.07. The predicted molar refractivity (Wildman–Crippen MR) is 128 cm³/mol. The first-order valence-corrected chi connectivity index (χ1v) is 13.1. The second-order valence-electron chi connectivity index (χ2n) is 9.59. The molecule has 0 radical (unpaired) electrons. The van der Waals surface area contributed by atoms with Gasteiger partial charge in [-0.2, -0.15) is 8.42 Å². The van der Waals surface area contributed by atoms with E-state index in [4.69, 9.17) is 9.47 Å². The van der Waals surface area contributed by atoms with Crippen molar-refractivity contribution in [1.82, 2.24) is 10.2 Å². The molecule has 1 fully saturated rings. The van der Waals surface area contributed by atoms with Crippen LogP contribution in [-0.2, 0) is 21.2 Å². The number of carbonyl (C=O) groups is 1. The van der Waals surface area contributed by atoms with Gasteiger partial charge in [0.2, 0.25) is 5.91 Å². The Morgan fingerprint density at radius 3 is 2.91 bits per heavy atom. The van der Waals surface area contributed by atoms with Crippen molar-refractivity contribution in [2.24, 2.45) is 10.3 Å². The quantitative estimate of drug-likeness (QED) is 0.657. The average Bonchev–Trinajstić information content (AvgIpc) is 3.29. The van der Waals surface area contributed by atoms with Crippen LogP contribution in [-0.4, -0.2) is 56.9 Å². The maximum Gasteiger partial charge on any atom is 0.285 e. The summed E-state index contributed by atoms with van der Waals surface area (Å²) in [5.41, 5.74) is 1.50. The van der Waals surface area contributed by atoms with Crippen LogP contribution in [0.1, 0.15) is 37.8 Å². The van der Waals surface area contributed by atoms with Gasteiger partial charge in [0.1, 0.15) is 17.1 Å². The third-order valence-corrected chi connectivity index (χ3v) is 7.74. The summed E-state index contributed by atoms with van der Waals surface area (Å²) in [6, 6.07) is 12.7. The highest BCUT2D eigenvalue weighted by Crippen LogP contribution is 2.41. The molecule has 0 spiro atoms. The molecule has 3 heterocycles. The number of fused-ring (bicyclic) bond motifs is 2. The fourth-order valence-electron chi connectivity index (χ4n) is 4.88. The minimum absolute atomic E-state index is 0.0567. The number of likely N-dealkylation sites (tertiary alicyclic amines) is 1. The maximum atomic E-state index is 12.8. The SMILES string of the molecule is CC1(C)Cc2cccc(OCCNC(=O)C3CCCN(C4=NS(=O)(=O)c5ccccc54)C3)c2O1. The Balaban J connectivity index is 1.16. The predicted octanol–water partition coefficient (Wildman–Crippen LogP) is 2.76. The molecule has 1 unspecified atom stereocenters. The number of benzene rings is 2. The van der Waals surface area contributed by atoms with E-state index in [0.29, 0.717) is 43.4 Å². The molecule has 34 heavy (non-hydrogen) atoms. The maximum absolute atomic E-state index is 12.8. The molecule has 1 N–H and O–H groups in total. The van der Waals surface area contributed by atoms with Crippen LogP contribution >= 0.6 is 0 Å². The van der Waals surface area contributed by atoms with E-state index in [1.807, 2.05) is 23.1 Å². The zero-order chi connectivity index (χ0) is 23.9. The molecule has 2 aromatic rings. The summed E-state index contributed by atoms with van der Waals surface area (Å²) in [4.78, 5) is 15.0. The molecule has 3 aliphatic rings. The Bertz CT molecular complexity index is 1250. The minimum atomic E-state index is -3.68. The Kier molecular flexibility index (Phi) is 5.75. The summed E-state index contributed by atoms with van der Waals surface area (Å²) in [6.07, 6.45) is 2.38. The third-order valence-electron chi connectivity index (χ3n) is 6.42. The van der Waals surface area contributed by atoms with Gasteiger partial charge in [-0.25, -0.2) is 0 Å². The summed E-state index contributed by atoms with van der Waals surface area (Å²) in [6.45, 7) is 5.92. The molecule has 1 atom stereocenters. The van der Waals surface area contributed by atoms with E-state index in [1.165, 1.54) is 0 Å². The smallest absolute Gasteiger partial charge is 0.285 e. The first kappa shape index (κ1) is 22.7. The van der Waals surface area contributed by atoms with Crippen LogP contribution in [0.25, 0.3) is 0 Å². The molecule has 0 aromatic heterocycles. The standard InChI is InChI=1S/C25H29N3O5S/c1-25(2)15-17-7-5-10-20(22(17)33-25)32-14-12-26-24(29)18-8-6-13-28(16-18)23-19-9-3-4-11-21(19)34(30,31)27-23/h3-5,7,9-11,18H,6,8,12-16H2,1-2H3,(H,26,29). The molecule has 180 valence electrons. The van der Waals surface area contributed by atoms with E-state index < -0.39 is 10.0 Å². The van der Waals surface area contributed by atoms with Crippen molar-refractivity contribution in [3.8, 4) is 11.5 Å². The summed E-state index contributed by atoms with van der Waals surface area (Å²) in [5.74, 6) is 1.63. The van der Waals surface area contributed by atoms with Gasteiger partial charge >= 0.3 is 0 Å². The number of rotatable bonds is 5. The van der Waals surface area contributed by atoms with E-state index >= 15 is 0 Å². The van der Waals surface area contributed by atoms with E-state index in [2.05, 4.69) is 23.6 Å². The molecule has 0 saturated carbocycles. The van der Waals surface area contributed by atoms with Gasteiger partial charge in [0.15, 0.2) is 17.3 Å². The van der Waals surface area contributed by atoms with Crippen LogP contribution in [0, 0.1) is 5.92 Å². The number of amides is 1. The second kappa shape index (κ2) is 8.61. The van der Waals surface area contributed by atoms with Crippen molar-refractivity contribution in [3.05, 3.63) is 53.6 Å². The fraction of sp³-hybridized carbons (Fsp3) is 0.440. The van der Waals surface area contributed by atoms with Gasteiger partial charge in [0, 0.05) is 30.6 Å². The number of ether oxygens (including phenoxy) is 2. The van der Waals surface area contributed by atoms with Crippen LogP contribution in [0.2, 0.25) is 0 Å². The van der Waals surface area contributed by atoms with Crippen molar-refractivity contribution >= 4 is 21.8 Å². The number of carbonyl (C=O) groups excluding carboxylic acids is 1. The molecule has 3 aliphatic heterocycles. The summed E-state index contributed by atoms with van der Waals surface area (Å²) >= 11 is 0. The number of nitrogens with zero attached hydrogens (tertiary/aromatic N) is 2. The van der Waals surface area contributed by atoms with Crippen LogP contribution in [0.5, 0.6) is 11.5 Å². The molecule has 0 bridgehead atoms. The number of amidine groups is 1. The lowest BCUT2D eigenvalue weighted by molar-refractivity contribution is -0.126. The largest absolute Gasteiger partial charge is 0.488 e. The first-order valence-electron chi connectivity index (χ1n) is 11.6. The monoisotopic (exact) mass is 483 g/mol. The van der Waals surface area contributed by atoms with Crippen LogP contribution < -0.4 is 14.8 Å². The highest BCUT2D eigenvalue weighted by molar-refractivity contribution is 7.90. The molecule has 1 amide bonds. The minimum Gasteiger partial charge on any atom is -0.488 e. The lowest BCUT2D eigenvalue weighted by Crippen LogP contribution is -2.46. The Morgan fingerprint density at radius 2 is 2.06 bits per heavy atom. The van der Waals surface area contributed by atoms with Crippen molar-refractivity contribution in [3.63, 3.8) is 0 Å². The van der Waals surface area contributed by atoms with E-state index in [-0.39, 0.29) is 22.3 Å². The van der Waals surface area contributed by atoms with Gasteiger partial charge in [-0.1, -0.05) is 24.3 Å². The molecule has 2 aromatic carbocycles. The van der Waals surface area contributed by atoms with Gasteiger partial charge in [-0.15, -0.1) is 4.40 Å². The normalized spacial score (nSPS) is 21.8. The van der Waals surface area contributed by atoms with Gasteiger partial charge in [0.25, 0.3) is 10.0 Å². The average molecular weight is 484 g/mol. The molecule has 1 saturated heterocycles. The number of sulfonamides is 1. The van der Waals surface area contributed by atoms with Crippen molar-refractivity contribution in [1.29, 1.82) is 0 Å². The van der Waals surface area contributed by atoms with Gasteiger partial charge in [0.05, 0.1) is 12.5 Å². The van der Waals surface area contributed by atoms with Gasteiger partial charge < -0.3 is 19.7 Å². The van der Waals surface area contributed by atoms with Gasteiger partial charge in [-0.05, 0) is 44.9 Å².